The van der Waals surface area contributed by atoms with Gasteiger partial charge in [0.05, 0.1) is 11.7 Å². The Kier molecular flexibility index (Phi) is 3.91. The maximum atomic E-state index is 13.4. The summed E-state index contributed by atoms with van der Waals surface area (Å²) in [4.78, 5) is 15.0. The van der Waals surface area contributed by atoms with Crippen LogP contribution < -0.4 is 4.90 Å². The molecule has 5 rings (SSSR count). The first-order chi connectivity index (χ1) is 14.1. The summed E-state index contributed by atoms with van der Waals surface area (Å²) < 4.78 is 13.4. The molecule has 29 heavy (non-hydrogen) atoms. The molecule has 0 saturated carbocycles. The molecule has 0 radical (unpaired) electrons. The van der Waals surface area contributed by atoms with Crippen LogP contribution in [0.1, 0.15) is 27.7 Å². The summed E-state index contributed by atoms with van der Waals surface area (Å²) in [6.07, 6.45) is 0. The number of carbonyl (C=O) groups is 1. The van der Waals surface area contributed by atoms with E-state index in [-0.39, 0.29) is 17.5 Å². The molecule has 1 atom stereocenters. The minimum Gasteiger partial charge on any atom is -0.508 e. The van der Waals surface area contributed by atoms with Gasteiger partial charge in [-0.15, -0.1) is 0 Å². The molecular formula is C23H16FN3O2. The zero-order valence-corrected chi connectivity index (χ0v) is 15.2. The Morgan fingerprint density at radius 2 is 1.62 bits per heavy atom. The first kappa shape index (κ1) is 17.2. The molecule has 1 unspecified atom stereocenters. The van der Waals surface area contributed by atoms with Gasteiger partial charge in [-0.3, -0.25) is 14.8 Å². The lowest BCUT2D eigenvalue weighted by molar-refractivity contribution is 0.0989. The second-order valence-electron chi connectivity index (χ2n) is 6.87. The van der Waals surface area contributed by atoms with E-state index >= 15 is 0 Å². The lowest BCUT2D eigenvalue weighted by Gasteiger charge is -2.26. The lowest BCUT2D eigenvalue weighted by atomic mass is 9.96. The molecule has 2 N–H and O–H groups in total. The van der Waals surface area contributed by atoms with Crippen molar-refractivity contribution in [2.24, 2.45) is 0 Å². The third-order valence-corrected chi connectivity index (χ3v) is 5.13. The van der Waals surface area contributed by atoms with Gasteiger partial charge in [0.25, 0.3) is 5.91 Å². The van der Waals surface area contributed by atoms with Crippen LogP contribution in [0, 0.1) is 5.82 Å². The van der Waals surface area contributed by atoms with Crippen LogP contribution in [0.2, 0.25) is 0 Å². The van der Waals surface area contributed by atoms with Crippen LogP contribution in [0.5, 0.6) is 5.75 Å². The Balaban J connectivity index is 1.72. The zero-order chi connectivity index (χ0) is 20.0. The number of H-pyrrole nitrogens is 1. The molecule has 6 heteroatoms. The molecule has 5 nitrogen and oxygen atoms in total. The van der Waals surface area contributed by atoms with E-state index in [4.69, 9.17) is 0 Å². The first-order valence-electron chi connectivity index (χ1n) is 9.15. The molecule has 4 aromatic rings. The number of benzene rings is 3. The molecule has 0 saturated heterocycles. The summed E-state index contributed by atoms with van der Waals surface area (Å²) in [5.41, 5.74) is 4.05. The van der Waals surface area contributed by atoms with Gasteiger partial charge in [0.15, 0.2) is 0 Å². The monoisotopic (exact) mass is 385 g/mol. The Labute approximate surface area is 166 Å². The topological polar surface area (TPSA) is 69.2 Å². The van der Waals surface area contributed by atoms with Gasteiger partial charge in [-0.1, -0.05) is 30.3 Å². The van der Waals surface area contributed by atoms with E-state index in [1.807, 2.05) is 30.3 Å². The lowest BCUT2D eigenvalue weighted by Crippen LogP contribution is -2.29. The predicted molar refractivity (Wildman–Crippen MR) is 107 cm³/mol. The van der Waals surface area contributed by atoms with Gasteiger partial charge in [-0.05, 0) is 54.1 Å². The number of nitrogens with zero attached hydrogens (tertiary/aromatic N) is 2. The van der Waals surface area contributed by atoms with Crippen LogP contribution in [0.25, 0.3) is 11.3 Å². The summed E-state index contributed by atoms with van der Waals surface area (Å²) in [5.74, 6) is -0.376. The van der Waals surface area contributed by atoms with Crippen molar-refractivity contribution in [3.05, 3.63) is 102 Å². The predicted octanol–water partition coefficient (Wildman–Crippen LogP) is 4.67. The second-order valence-corrected chi connectivity index (χ2v) is 6.87. The molecule has 2 heterocycles. The molecule has 1 aromatic heterocycles. The Bertz CT molecular complexity index is 1190. The van der Waals surface area contributed by atoms with Crippen LogP contribution >= 0.6 is 0 Å². The highest BCUT2D eigenvalue weighted by atomic mass is 19.1. The minimum atomic E-state index is -0.431. The summed E-state index contributed by atoms with van der Waals surface area (Å²) in [5, 5.41) is 17.0. The number of aromatic hydroxyl groups is 1. The Morgan fingerprint density at radius 3 is 2.31 bits per heavy atom. The highest BCUT2D eigenvalue weighted by Gasteiger charge is 2.43. The molecule has 142 valence electrons. The fourth-order valence-electron chi connectivity index (χ4n) is 3.80. The standard InChI is InChI=1S/C23H16FN3O2/c24-16-10-6-14(7-11-16)20-19-21(26-25-20)23(29)27(17-4-2-1-3-5-17)22(19)15-8-12-18(28)13-9-15/h1-13,22,28H,(H,25,26). The van der Waals surface area contributed by atoms with Crippen LogP contribution in [-0.2, 0) is 0 Å². The SMILES string of the molecule is O=C1c2[nH]nc(-c3ccc(F)cc3)c2C(c2ccc(O)cc2)N1c1ccccc1. The smallest absolute Gasteiger partial charge is 0.277 e. The number of anilines is 1. The summed E-state index contributed by atoms with van der Waals surface area (Å²) >= 11 is 0. The second kappa shape index (κ2) is 6.60. The van der Waals surface area contributed by atoms with Crippen molar-refractivity contribution in [2.75, 3.05) is 4.90 Å². The van der Waals surface area contributed by atoms with Crippen molar-refractivity contribution < 1.29 is 14.3 Å². The van der Waals surface area contributed by atoms with Gasteiger partial charge in [0.1, 0.15) is 17.3 Å². The van der Waals surface area contributed by atoms with Crippen LogP contribution in [0.15, 0.2) is 78.9 Å². The van der Waals surface area contributed by atoms with Gasteiger partial charge in [-0.2, -0.15) is 5.10 Å². The zero-order valence-electron chi connectivity index (χ0n) is 15.2. The highest BCUT2D eigenvalue weighted by molar-refractivity contribution is 6.11. The summed E-state index contributed by atoms with van der Waals surface area (Å²) in [6, 6.07) is 21.8. The number of nitrogens with one attached hydrogen (secondary N) is 1. The average molecular weight is 385 g/mol. The molecule has 1 aliphatic rings. The molecule has 0 aliphatic carbocycles. The van der Waals surface area contributed by atoms with E-state index in [0.717, 1.165) is 22.4 Å². The molecule has 3 aromatic carbocycles. The van der Waals surface area contributed by atoms with Gasteiger partial charge in [0.2, 0.25) is 0 Å². The maximum Gasteiger partial charge on any atom is 0.277 e. The van der Waals surface area contributed by atoms with Crippen LogP contribution in [-0.4, -0.2) is 21.2 Å². The van der Waals surface area contributed by atoms with Crippen molar-refractivity contribution >= 4 is 11.6 Å². The fourth-order valence-corrected chi connectivity index (χ4v) is 3.80. The average Bonchev–Trinajstić information content (AvgIpc) is 3.29. The van der Waals surface area contributed by atoms with Gasteiger partial charge >= 0.3 is 0 Å². The van der Waals surface area contributed by atoms with Crippen molar-refractivity contribution in [3.8, 4) is 17.0 Å². The van der Waals surface area contributed by atoms with E-state index in [1.54, 1.807) is 41.3 Å². The van der Waals surface area contributed by atoms with E-state index in [1.165, 1.54) is 12.1 Å². The minimum absolute atomic E-state index is 0.149. The molecule has 1 aliphatic heterocycles. The van der Waals surface area contributed by atoms with Gasteiger partial charge in [0, 0.05) is 16.8 Å². The molecule has 0 bridgehead atoms. The quantitative estimate of drug-likeness (QED) is 0.538. The third kappa shape index (κ3) is 2.77. The van der Waals surface area contributed by atoms with E-state index in [9.17, 15) is 14.3 Å². The molecular weight excluding hydrogens is 369 g/mol. The number of carbonyl (C=O) groups excluding carboxylic acids is 1. The normalized spacial score (nSPS) is 15.6. The fraction of sp³-hybridized carbons (Fsp3) is 0.0435. The van der Waals surface area contributed by atoms with Crippen molar-refractivity contribution in [2.45, 2.75) is 6.04 Å². The summed E-state index contributed by atoms with van der Waals surface area (Å²) in [7, 11) is 0. The van der Waals surface area contributed by atoms with E-state index < -0.39 is 6.04 Å². The number of halogens is 1. The summed E-state index contributed by atoms with van der Waals surface area (Å²) in [6.45, 7) is 0. The number of amides is 1. The third-order valence-electron chi connectivity index (χ3n) is 5.13. The number of rotatable bonds is 3. The maximum absolute atomic E-state index is 13.4. The van der Waals surface area contributed by atoms with Crippen molar-refractivity contribution in [1.82, 2.24) is 10.2 Å². The molecule has 0 fully saturated rings. The largest absolute Gasteiger partial charge is 0.508 e. The van der Waals surface area contributed by atoms with Crippen molar-refractivity contribution in [1.29, 1.82) is 0 Å². The Hall–Kier alpha value is -3.93. The molecule has 1 amide bonds. The Morgan fingerprint density at radius 1 is 0.931 bits per heavy atom. The van der Waals surface area contributed by atoms with E-state index in [2.05, 4.69) is 10.2 Å². The number of phenolic OH excluding ortho intramolecular Hbond substituents is 1. The number of aromatic nitrogens is 2. The number of fused-ring (bicyclic) bond motifs is 1. The number of para-hydroxylation sites is 1. The highest BCUT2D eigenvalue weighted by Crippen LogP contribution is 2.45. The first-order valence-corrected chi connectivity index (χ1v) is 9.15. The van der Waals surface area contributed by atoms with Crippen LogP contribution in [0.3, 0.4) is 0 Å². The van der Waals surface area contributed by atoms with E-state index in [0.29, 0.717) is 11.4 Å². The number of aromatic amines is 1. The van der Waals surface area contributed by atoms with Gasteiger partial charge < -0.3 is 5.11 Å². The number of hydrogen-bond donors (Lipinski definition) is 2. The van der Waals surface area contributed by atoms with Crippen LogP contribution in [0.4, 0.5) is 10.1 Å². The van der Waals surface area contributed by atoms with Gasteiger partial charge in [-0.25, -0.2) is 4.39 Å². The number of hydrogen-bond acceptors (Lipinski definition) is 3. The molecule has 0 spiro atoms. The number of phenols is 1. The van der Waals surface area contributed by atoms with Crippen molar-refractivity contribution in [3.63, 3.8) is 0 Å².